The van der Waals surface area contributed by atoms with Crippen molar-refractivity contribution in [2.75, 3.05) is 38.2 Å². The second kappa shape index (κ2) is 6.38. The molecule has 0 aliphatic carbocycles. The lowest BCUT2D eigenvalue weighted by molar-refractivity contribution is 0.0122. The Balaban J connectivity index is 1.55. The zero-order chi connectivity index (χ0) is 17.4. The molecule has 0 saturated carbocycles. The summed E-state index contributed by atoms with van der Waals surface area (Å²) in [6.45, 7) is 9.22. The number of likely N-dealkylation sites (tertiary alicyclic amines) is 1. The van der Waals surface area contributed by atoms with Crippen LogP contribution in [0.4, 0.5) is 9.93 Å². The van der Waals surface area contributed by atoms with Crippen molar-refractivity contribution in [3.8, 4) is 6.01 Å². The molecule has 2 saturated heterocycles. The summed E-state index contributed by atoms with van der Waals surface area (Å²) in [7, 11) is 1.59. The van der Waals surface area contributed by atoms with Crippen LogP contribution in [-0.4, -0.2) is 59.2 Å². The lowest BCUT2D eigenvalue weighted by Gasteiger charge is -2.39. The van der Waals surface area contributed by atoms with Crippen molar-refractivity contribution in [1.29, 1.82) is 0 Å². The number of carbonyl (C=O) groups is 1. The summed E-state index contributed by atoms with van der Waals surface area (Å²) in [6, 6.07) is 0.440. The molecule has 0 bridgehead atoms. The van der Waals surface area contributed by atoms with E-state index in [0.29, 0.717) is 6.01 Å². The standard InChI is InChI=1S/C16H26N4O3S/c1-15(2,3)23-14(21)19-8-5-16(6-9-19)7-10-20(11-16)13-17-12(22-4)18-24-13/h5-11H2,1-4H3. The number of methoxy groups -OCH3 is 1. The van der Waals surface area contributed by atoms with E-state index in [0.717, 1.165) is 50.6 Å². The number of carbonyl (C=O) groups excluding carboxylic acids is 1. The summed E-state index contributed by atoms with van der Waals surface area (Å²) < 4.78 is 14.7. The number of nitrogens with zero attached hydrogens (tertiary/aromatic N) is 4. The van der Waals surface area contributed by atoms with Gasteiger partial charge >= 0.3 is 12.1 Å². The predicted molar refractivity (Wildman–Crippen MR) is 92.8 cm³/mol. The number of anilines is 1. The van der Waals surface area contributed by atoms with Crippen LogP contribution in [-0.2, 0) is 4.74 Å². The van der Waals surface area contributed by atoms with Gasteiger partial charge in [-0.15, -0.1) is 4.37 Å². The van der Waals surface area contributed by atoms with Gasteiger partial charge in [0.2, 0.25) is 5.13 Å². The highest BCUT2D eigenvalue weighted by Crippen LogP contribution is 2.42. The summed E-state index contributed by atoms with van der Waals surface area (Å²) in [5.74, 6) is 0. The smallest absolute Gasteiger partial charge is 0.410 e. The van der Waals surface area contributed by atoms with Crippen LogP contribution in [0.3, 0.4) is 0 Å². The number of ether oxygens (including phenoxy) is 2. The van der Waals surface area contributed by atoms with E-state index < -0.39 is 5.60 Å². The normalized spacial score (nSPS) is 20.5. The summed E-state index contributed by atoms with van der Waals surface area (Å²) in [5.41, 5.74) is -0.162. The van der Waals surface area contributed by atoms with Crippen molar-refractivity contribution in [2.24, 2.45) is 5.41 Å². The minimum atomic E-state index is -0.437. The topological polar surface area (TPSA) is 67.8 Å². The first-order valence-electron chi connectivity index (χ1n) is 8.41. The Labute approximate surface area is 147 Å². The lowest BCUT2D eigenvalue weighted by Crippen LogP contribution is -2.46. The third kappa shape index (κ3) is 3.74. The zero-order valence-corrected chi connectivity index (χ0v) is 15.7. The molecule has 0 unspecified atom stereocenters. The average Bonchev–Trinajstić information content (AvgIpc) is 3.13. The number of piperidine rings is 1. The Bertz CT molecular complexity index is 590. The van der Waals surface area contributed by atoms with Gasteiger partial charge in [0.15, 0.2) is 0 Å². The molecule has 24 heavy (non-hydrogen) atoms. The Morgan fingerprint density at radius 1 is 1.21 bits per heavy atom. The molecule has 7 nitrogen and oxygen atoms in total. The average molecular weight is 354 g/mol. The molecule has 8 heteroatoms. The van der Waals surface area contributed by atoms with Crippen molar-refractivity contribution in [2.45, 2.75) is 45.6 Å². The number of aromatic nitrogens is 2. The van der Waals surface area contributed by atoms with Gasteiger partial charge in [-0.3, -0.25) is 0 Å². The van der Waals surface area contributed by atoms with Crippen LogP contribution in [0.2, 0.25) is 0 Å². The fourth-order valence-corrected chi connectivity index (χ4v) is 4.08. The summed E-state index contributed by atoms with van der Waals surface area (Å²) in [4.78, 5) is 20.7. The van der Waals surface area contributed by atoms with Crippen LogP contribution in [0.25, 0.3) is 0 Å². The van der Waals surface area contributed by atoms with Crippen molar-refractivity contribution < 1.29 is 14.3 Å². The number of rotatable bonds is 2. The van der Waals surface area contributed by atoms with Crippen LogP contribution in [0.15, 0.2) is 0 Å². The maximum Gasteiger partial charge on any atom is 0.410 e. The predicted octanol–water partition coefficient (Wildman–Crippen LogP) is 2.77. The molecule has 2 aliphatic rings. The van der Waals surface area contributed by atoms with E-state index >= 15 is 0 Å². The monoisotopic (exact) mass is 354 g/mol. The number of amides is 1. The molecule has 1 amide bonds. The van der Waals surface area contributed by atoms with E-state index in [2.05, 4.69) is 14.3 Å². The number of hydrogen-bond acceptors (Lipinski definition) is 7. The third-order valence-corrected chi connectivity index (χ3v) is 5.52. The lowest BCUT2D eigenvalue weighted by atomic mass is 9.78. The third-order valence-electron chi connectivity index (χ3n) is 4.76. The molecule has 0 N–H and O–H groups in total. The van der Waals surface area contributed by atoms with E-state index in [1.165, 1.54) is 11.5 Å². The SMILES string of the molecule is COc1nsc(N2CCC3(CCN(C(=O)OC(C)(C)C)CC3)C2)n1. The summed E-state index contributed by atoms with van der Waals surface area (Å²) in [6.07, 6.45) is 2.97. The van der Waals surface area contributed by atoms with Gasteiger partial charge in [-0.1, -0.05) is 0 Å². The number of hydrogen-bond donors (Lipinski definition) is 0. The molecule has 1 aromatic rings. The molecule has 0 aromatic carbocycles. The summed E-state index contributed by atoms with van der Waals surface area (Å²) in [5, 5.41) is 0.929. The fourth-order valence-electron chi connectivity index (χ4n) is 3.41. The van der Waals surface area contributed by atoms with E-state index in [-0.39, 0.29) is 11.5 Å². The van der Waals surface area contributed by atoms with Crippen molar-refractivity contribution in [3.05, 3.63) is 0 Å². The Hall–Kier alpha value is -1.57. The zero-order valence-electron chi connectivity index (χ0n) is 14.9. The summed E-state index contributed by atoms with van der Waals surface area (Å²) >= 11 is 1.39. The van der Waals surface area contributed by atoms with Crippen molar-refractivity contribution in [1.82, 2.24) is 14.3 Å². The van der Waals surface area contributed by atoms with Gasteiger partial charge in [0.05, 0.1) is 7.11 Å². The molecular formula is C16H26N4O3S. The molecule has 2 fully saturated rings. The van der Waals surface area contributed by atoms with Gasteiger partial charge in [-0.05, 0) is 45.4 Å². The van der Waals surface area contributed by atoms with Crippen LogP contribution in [0.1, 0.15) is 40.0 Å². The first-order valence-corrected chi connectivity index (χ1v) is 9.18. The van der Waals surface area contributed by atoms with Crippen molar-refractivity contribution >= 4 is 22.8 Å². The molecule has 3 rings (SSSR count). The fraction of sp³-hybridized carbons (Fsp3) is 0.812. The van der Waals surface area contributed by atoms with Gasteiger partial charge in [0, 0.05) is 37.7 Å². The molecule has 1 aromatic heterocycles. The highest BCUT2D eigenvalue weighted by molar-refractivity contribution is 7.09. The van der Waals surface area contributed by atoms with Crippen LogP contribution in [0, 0.1) is 5.41 Å². The first-order chi connectivity index (χ1) is 11.3. The molecule has 0 radical (unpaired) electrons. The Kier molecular flexibility index (Phi) is 4.59. The molecule has 134 valence electrons. The van der Waals surface area contributed by atoms with Gasteiger partial charge in [0.25, 0.3) is 0 Å². The van der Waals surface area contributed by atoms with E-state index in [1.54, 1.807) is 7.11 Å². The van der Waals surface area contributed by atoms with Crippen LogP contribution in [0.5, 0.6) is 6.01 Å². The highest BCUT2D eigenvalue weighted by Gasteiger charge is 2.42. The molecule has 0 atom stereocenters. The molecule has 1 spiro atoms. The quantitative estimate of drug-likeness (QED) is 0.813. The van der Waals surface area contributed by atoms with Crippen LogP contribution >= 0.6 is 11.5 Å². The van der Waals surface area contributed by atoms with Gasteiger partial charge in [-0.25, -0.2) is 4.79 Å². The maximum absolute atomic E-state index is 12.2. The molecule has 2 aliphatic heterocycles. The van der Waals surface area contributed by atoms with E-state index in [1.807, 2.05) is 25.7 Å². The minimum Gasteiger partial charge on any atom is -0.466 e. The van der Waals surface area contributed by atoms with Gasteiger partial charge < -0.3 is 19.3 Å². The largest absolute Gasteiger partial charge is 0.466 e. The molecular weight excluding hydrogens is 328 g/mol. The Morgan fingerprint density at radius 3 is 2.46 bits per heavy atom. The second-order valence-corrected chi connectivity index (χ2v) is 8.43. The second-order valence-electron chi connectivity index (χ2n) is 7.70. The van der Waals surface area contributed by atoms with Gasteiger partial charge in [0.1, 0.15) is 5.60 Å². The van der Waals surface area contributed by atoms with Crippen LogP contribution < -0.4 is 9.64 Å². The minimum absolute atomic E-state index is 0.193. The van der Waals surface area contributed by atoms with Crippen molar-refractivity contribution in [3.63, 3.8) is 0 Å². The Morgan fingerprint density at radius 2 is 1.88 bits per heavy atom. The maximum atomic E-state index is 12.2. The van der Waals surface area contributed by atoms with Gasteiger partial charge in [-0.2, -0.15) is 4.98 Å². The van der Waals surface area contributed by atoms with E-state index in [9.17, 15) is 4.79 Å². The highest BCUT2D eigenvalue weighted by atomic mass is 32.1. The van der Waals surface area contributed by atoms with E-state index in [4.69, 9.17) is 9.47 Å². The molecule has 3 heterocycles. The first kappa shape index (κ1) is 17.3.